The normalized spacial score (nSPS) is 17.6. The predicted molar refractivity (Wildman–Crippen MR) is 90.0 cm³/mol. The van der Waals surface area contributed by atoms with Crippen molar-refractivity contribution in [2.45, 2.75) is 45.4 Å². The number of rotatable bonds is 8. The van der Waals surface area contributed by atoms with Crippen molar-refractivity contribution in [3.63, 3.8) is 0 Å². The van der Waals surface area contributed by atoms with E-state index < -0.39 is 34.7 Å². The summed E-state index contributed by atoms with van der Waals surface area (Å²) in [6.45, 7) is 3.45. The van der Waals surface area contributed by atoms with Crippen LogP contribution in [0.4, 0.5) is 18.0 Å². The van der Waals surface area contributed by atoms with Gasteiger partial charge < -0.3 is 9.47 Å². The first kappa shape index (κ1) is 21.4. The number of aliphatic imine (C=N–C) groups is 1. The number of nitrogens with zero attached hydrogens (tertiary/aromatic N) is 1. The van der Waals surface area contributed by atoms with E-state index in [1.165, 1.54) is 6.21 Å². The van der Waals surface area contributed by atoms with E-state index in [4.69, 9.17) is 9.47 Å². The summed E-state index contributed by atoms with van der Waals surface area (Å²) >= 11 is 0. The van der Waals surface area contributed by atoms with Gasteiger partial charge in [-0.25, -0.2) is 4.79 Å². The third-order valence-corrected chi connectivity index (χ3v) is 4.54. The Hall–Kier alpha value is -1.64. The quantitative estimate of drug-likeness (QED) is 0.598. The van der Waals surface area contributed by atoms with E-state index in [0.29, 0.717) is 12.2 Å². The molecule has 0 aromatic rings. The molecule has 25 heavy (non-hydrogen) atoms. The van der Waals surface area contributed by atoms with Crippen LogP contribution in [0.15, 0.2) is 28.5 Å². The Morgan fingerprint density at radius 1 is 1.44 bits per heavy atom. The molecule has 1 aliphatic rings. The molecular formula is C16H22F3NO4S. The molecule has 1 amide bonds. The minimum atomic E-state index is -4.37. The van der Waals surface area contributed by atoms with Crippen LogP contribution in [0.25, 0.3) is 0 Å². The zero-order chi connectivity index (χ0) is 18.9. The maximum absolute atomic E-state index is 12.7. The van der Waals surface area contributed by atoms with Crippen LogP contribution >= 0.6 is 0 Å². The Bertz CT molecular complexity index is 570. The summed E-state index contributed by atoms with van der Waals surface area (Å²) in [4.78, 5) is 15.1. The minimum absolute atomic E-state index is 0.0634. The molecule has 0 aromatic carbocycles. The molecule has 142 valence electrons. The SMILES string of the molecule is CCC(COC1=CCCC(C(F)(F)F)=C1)OC(=O)/N=C/CS(=O)CC. The van der Waals surface area contributed by atoms with Gasteiger partial charge in [0.25, 0.3) is 0 Å². The van der Waals surface area contributed by atoms with Crippen molar-refractivity contribution in [1.29, 1.82) is 0 Å². The van der Waals surface area contributed by atoms with Gasteiger partial charge in [0.15, 0.2) is 0 Å². The van der Waals surface area contributed by atoms with Crippen molar-refractivity contribution in [1.82, 2.24) is 0 Å². The molecule has 2 atom stereocenters. The zero-order valence-corrected chi connectivity index (χ0v) is 15.0. The smallest absolute Gasteiger partial charge is 0.433 e. The van der Waals surface area contributed by atoms with Crippen molar-refractivity contribution in [3.8, 4) is 0 Å². The fourth-order valence-corrected chi connectivity index (χ4v) is 2.38. The fraction of sp³-hybridized carbons (Fsp3) is 0.625. The van der Waals surface area contributed by atoms with Gasteiger partial charge in [0.1, 0.15) is 18.5 Å². The number of hydrogen-bond acceptors (Lipinski definition) is 4. The second kappa shape index (κ2) is 10.4. The largest absolute Gasteiger partial charge is 0.490 e. The number of carbonyl (C=O) groups is 1. The molecule has 0 heterocycles. The van der Waals surface area contributed by atoms with Crippen molar-refractivity contribution in [2.24, 2.45) is 4.99 Å². The average molecular weight is 381 g/mol. The first-order valence-corrected chi connectivity index (χ1v) is 9.43. The minimum Gasteiger partial charge on any atom is -0.490 e. The Kier molecular flexibility index (Phi) is 8.88. The first-order valence-electron chi connectivity index (χ1n) is 7.95. The molecule has 0 spiro atoms. The highest BCUT2D eigenvalue weighted by molar-refractivity contribution is 7.85. The zero-order valence-electron chi connectivity index (χ0n) is 14.2. The number of ether oxygens (including phenoxy) is 2. The summed E-state index contributed by atoms with van der Waals surface area (Å²) in [5, 5.41) is 0. The molecule has 1 rings (SSSR count). The number of alkyl halides is 3. The number of carbonyl (C=O) groups excluding carboxylic acids is 1. The molecule has 0 fully saturated rings. The first-order chi connectivity index (χ1) is 11.8. The lowest BCUT2D eigenvalue weighted by molar-refractivity contribution is -0.0945. The van der Waals surface area contributed by atoms with Crippen LogP contribution in [-0.4, -0.2) is 46.9 Å². The molecule has 0 radical (unpaired) electrons. The molecule has 0 saturated heterocycles. The van der Waals surface area contributed by atoms with Crippen LogP contribution < -0.4 is 0 Å². The van der Waals surface area contributed by atoms with Gasteiger partial charge in [0, 0.05) is 28.3 Å². The summed E-state index contributed by atoms with van der Waals surface area (Å²) < 4.78 is 59.7. The standard InChI is InChI=1S/C16H22F3NO4S/c1-3-13(24-15(21)20-8-9-25(22)4-2)11-23-14-7-5-6-12(10-14)16(17,18)19/h7-8,10,13H,3-6,9,11H2,1-2H3/b20-8+. The summed E-state index contributed by atoms with van der Waals surface area (Å²) in [7, 11) is -1.06. The van der Waals surface area contributed by atoms with Crippen LogP contribution in [0, 0.1) is 0 Å². The highest BCUT2D eigenvalue weighted by Crippen LogP contribution is 2.33. The molecule has 0 bridgehead atoms. The second-order valence-corrected chi connectivity index (χ2v) is 7.03. The van der Waals surface area contributed by atoms with E-state index in [0.717, 1.165) is 6.08 Å². The lowest BCUT2D eigenvalue weighted by Crippen LogP contribution is -2.22. The number of allylic oxidation sites excluding steroid dienone is 3. The summed E-state index contributed by atoms with van der Waals surface area (Å²) in [5.74, 6) is 0.751. The molecular weight excluding hydrogens is 359 g/mol. The van der Waals surface area contributed by atoms with Gasteiger partial charge in [0.05, 0.1) is 5.75 Å². The Labute approximate surface area is 147 Å². The van der Waals surface area contributed by atoms with Gasteiger partial charge in [-0.15, -0.1) is 0 Å². The lowest BCUT2D eigenvalue weighted by Gasteiger charge is -2.19. The molecule has 0 saturated carbocycles. The highest BCUT2D eigenvalue weighted by Gasteiger charge is 2.34. The lowest BCUT2D eigenvalue weighted by atomic mass is 10.0. The molecule has 0 aliphatic heterocycles. The van der Waals surface area contributed by atoms with Crippen LogP contribution in [0.2, 0.25) is 0 Å². The number of halogens is 3. The van der Waals surface area contributed by atoms with Crippen LogP contribution in [0.1, 0.15) is 33.1 Å². The Balaban J connectivity index is 2.49. The fourth-order valence-electron chi connectivity index (χ4n) is 1.91. The van der Waals surface area contributed by atoms with Gasteiger partial charge >= 0.3 is 12.3 Å². The summed E-state index contributed by atoms with van der Waals surface area (Å²) in [6, 6.07) is 0. The average Bonchev–Trinajstić information content (AvgIpc) is 2.57. The Morgan fingerprint density at radius 2 is 2.16 bits per heavy atom. The molecule has 1 aliphatic carbocycles. The monoisotopic (exact) mass is 381 g/mol. The van der Waals surface area contributed by atoms with E-state index in [2.05, 4.69) is 4.99 Å². The highest BCUT2D eigenvalue weighted by atomic mass is 32.2. The van der Waals surface area contributed by atoms with E-state index >= 15 is 0 Å². The second-order valence-electron chi connectivity index (χ2n) is 5.24. The van der Waals surface area contributed by atoms with Crippen molar-refractivity contribution < 1.29 is 31.6 Å². The van der Waals surface area contributed by atoms with Gasteiger partial charge in [-0.05, 0) is 31.4 Å². The molecule has 2 unspecified atom stereocenters. The van der Waals surface area contributed by atoms with E-state index in [-0.39, 0.29) is 31.0 Å². The molecule has 0 aromatic heterocycles. The third-order valence-electron chi connectivity index (χ3n) is 3.38. The topological polar surface area (TPSA) is 65.0 Å². The van der Waals surface area contributed by atoms with Gasteiger partial charge in [-0.2, -0.15) is 18.2 Å². The molecule has 5 nitrogen and oxygen atoms in total. The van der Waals surface area contributed by atoms with Crippen molar-refractivity contribution in [3.05, 3.63) is 23.5 Å². The van der Waals surface area contributed by atoms with E-state index in [1.54, 1.807) is 19.9 Å². The number of amides is 1. The Morgan fingerprint density at radius 3 is 2.76 bits per heavy atom. The molecule has 0 N–H and O–H groups in total. The van der Waals surface area contributed by atoms with Crippen LogP contribution in [-0.2, 0) is 20.3 Å². The maximum atomic E-state index is 12.7. The van der Waals surface area contributed by atoms with Crippen molar-refractivity contribution in [2.75, 3.05) is 18.1 Å². The third kappa shape index (κ3) is 8.33. The maximum Gasteiger partial charge on any atom is 0.433 e. The van der Waals surface area contributed by atoms with E-state index in [1.807, 2.05) is 0 Å². The van der Waals surface area contributed by atoms with Gasteiger partial charge in [-0.1, -0.05) is 13.8 Å². The van der Waals surface area contributed by atoms with Crippen LogP contribution in [0.3, 0.4) is 0 Å². The van der Waals surface area contributed by atoms with E-state index in [9.17, 15) is 22.2 Å². The van der Waals surface area contributed by atoms with Crippen molar-refractivity contribution >= 4 is 23.1 Å². The summed E-state index contributed by atoms with van der Waals surface area (Å²) in [6.07, 6.45) is -1.47. The number of hydrogen-bond donors (Lipinski definition) is 0. The van der Waals surface area contributed by atoms with Gasteiger partial charge in [-0.3, -0.25) is 4.21 Å². The molecule has 9 heteroatoms. The summed E-state index contributed by atoms with van der Waals surface area (Å²) in [5.41, 5.74) is -0.636. The van der Waals surface area contributed by atoms with Gasteiger partial charge in [0.2, 0.25) is 0 Å². The van der Waals surface area contributed by atoms with Crippen LogP contribution in [0.5, 0.6) is 0 Å². The predicted octanol–water partition coefficient (Wildman–Crippen LogP) is 3.92.